The number of thioether (sulfide) groups is 1. The summed E-state index contributed by atoms with van der Waals surface area (Å²) in [7, 11) is 1.50. The zero-order valence-corrected chi connectivity index (χ0v) is 63.8. The first-order chi connectivity index (χ1) is 51.1. The van der Waals surface area contributed by atoms with Gasteiger partial charge in [-0.25, -0.2) is 0 Å². The summed E-state index contributed by atoms with van der Waals surface area (Å²) < 4.78 is 0. The number of carboxylic acid groups (broad SMARTS) is 2. The van der Waals surface area contributed by atoms with Gasteiger partial charge in [-0.3, -0.25) is 86.3 Å². The minimum absolute atomic E-state index is 0.0280. The Hall–Kier alpha value is -8.57. The molecular formula is C67H107N17O21S3. The number of aliphatic carboxylic acids is 2. The smallest absolute Gasteiger partial charge is 0.305 e. The van der Waals surface area contributed by atoms with Crippen molar-refractivity contribution in [1.29, 1.82) is 0 Å². The summed E-state index contributed by atoms with van der Waals surface area (Å²) >= 11 is 1.34. The lowest BCUT2D eigenvalue weighted by molar-refractivity contribution is -0.142. The predicted octanol–water partition coefficient (Wildman–Crippen LogP) is -5.12. The van der Waals surface area contributed by atoms with Crippen molar-refractivity contribution in [1.82, 2.24) is 74.0 Å². The van der Waals surface area contributed by atoms with Crippen LogP contribution in [0.25, 0.3) is 0 Å². The van der Waals surface area contributed by atoms with Gasteiger partial charge in [-0.15, -0.1) is 0 Å². The monoisotopic (exact) mass is 1580 g/mol. The summed E-state index contributed by atoms with van der Waals surface area (Å²) in [5.41, 5.74) is 16.6. The molecule has 2 aliphatic carbocycles. The standard InChI is InChI=1S/C67H107N17O21S3/c1-32(2)22-42-59(97)74-39(17-18-51(68)87)57(95)71-33(3)56(94)76-45(26-52(69)88)62(100)83-49(67(105)84-20-11-16-50(84)66(104)80-43(23-35-12-7-6-8-13-35)60(98)75-41(55(70)93)27-53(89)90)31-108-107-30-48(65(103)78-44(61(99)77-42)25-37-24-36-14-9-10-15-38(36)73-37)82-63(101)46(28-54(91)92)79-64(102)47(29-85)81-58(96)40(19-21-106-5)72-34(4)86/h32-33,35-50,73,85H,6-31H2,1-5H3,(H2,68,87)(H2,69,88)(H2,70,93)(H,71,95)(H,72,86)(H,74,97)(H,75,98)(H,76,94)(H,77,99)(H,78,103)(H,79,102)(H,80,104)(H,81,96)(H,82,101)(H,83,100)(H,89,90)(H,91,92)/t33-,36?,37?,38?,39+,40+,41+,42+,43+,44+,45+,46+,47+,48+,49+,50+/m1/s1. The van der Waals surface area contributed by atoms with Crippen LogP contribution in [0.1, 0.15) is 163 Å². The fraction of sp³-hybridized carbons (Fsp3) is 0.731. The summed E-state index contributed by atoms with van der Waals surface area (Å²) in [5, 5.41) is 63.2. The van der Waals surface area contributed by atoms with E-state index in [1.165, 1.54) is 18.7 Å². The molecule has 0 aromatic rings. The summed E-state index contributed by atoms with van der Waals surface area (Å²) in [4.78, 5) is 249. The van der Waals surface area contributed by atoms with Crippen LogP contribution < -0.4 is 86.3 Å². The van der Waals surface area contributed by atoms with Crippen LogP contribution in [-0.2, 0) is 86.3 Å². The fourth-order valence-corrected chi connectivity index (χ4v) is 16.5. The molecule has 0 radical (unpaired) electrons. The Morgan fingerprint density at radius 2 is 1.17 bits per heavy atom. The molecule has 22 N–H and O–H groups in total. The van der Waals surface area contributed by atoms with Crippen molar-refractivity contribution in [2.24, 2.45) is 35.0 Å². The van der Waals surface area contributed by atoms with E-state index < -0.39 is 241 Å². The minimum atomic E-state index is -2.09. The summed E-state index contributed by atoms with van der Waals surface area (Å²) in [5.74, 6) is -20.8. The van der Waals surface area contributed by atoms with E-state index in [9.17, 15) is 87.2 Å². The third kappa shape index (κ3) is 29.8. The molecule has 3 unspecified atom stereocenters. The van der Waals surface area contributed by atoms with Crippen LogP contribution in [0.2, 0.25) is 0 Å². The van der Waals surface area contributed by atoms with Gasteiger partial charge in [-0.05, 0) is 101 Å². The molecule has 16 amide bonds. The van der Waals surface area contributed by atoms with Gasteiger partial charge in [0, 0.05) is 43.5 Å². The number of aliphatic hydroxyl groups is 1. The minimum Gasteiger partial charge on any atom is -0.481 e. The van der Waals surface area contributed by atoms with E-state index >= 15 is 14.4 Å². The lowest BCUT2D eigenvalue weighted by atomic mass is 9.84. The molecule has 0 aromatic carbocycles. The van der Waals surface area contributed by atoms with Gasteiger partial charge in [0.05, 0.1) is 25.9 Å². The van der Waals surface area contributed by atoms with Crippen LogP contribution in [0.3, 0.4) is 0 Å². The number of carbonyl (C=O) groups excluding carboxylic acids is 16. The number of hydrogen-bond donors (Lipinski definition) is 19. The number of nitrogens with one attached hydrogen (secondary N) is 13. The molecule has 3 saturated heterocycles. The third-order valence-electron chi connectivity index (χ3n) is 19.3. The molecular weight excluding hydrogens is 1480 g/mol. The van der Waals surface area contributed by atoms with Gasteiger partial charge in [0.1, 0.15) is 78.5 Å². The van der Waals surface area contributed by atoms with E-state index in [-0.39, 0.29) is 68.9 Å². The molecule has 5 rings (SSSR count). The normalized spacial score (nSPS) is 25.8. The third-order valence-corrected chi connectivity index (χ3v) is 22.3. The number of fused-ring (bicyclic) bond motifs is 1. The molecule has 5 aliphatic rings. The van der Waals surface area contributed by atoms with Crippen LogP contribution in [0, 0.1) is 17.8 Å². The second-order valence-corrected chi connectivity index (χ2v) is 32.0. The second-order valence-electron chi connectivity index (χ2n) is 28.4. The van der Waals surface area contributed by atoms with Crippen LogP contribution in [0.5, 0.6) is 0 Å². The van der Waals surface area contributed by atoms with Crippen LogP contribution in [0.15, 0.2) is 0 Å². The van der Waals surface area contributed by atoms with E-state index in [1.807, 2.05) is 0 Å². The number of aliphatic hydroxyl groups excluding tert-OH is 1. The van der Waals surface area contributed by atoms with Crippen molar-refractivity contribution >= 4 is 140 Å². The highest BCUT2D eigenvalue weighted by atomic mass is 33.1. The average Bonchev–Trinajstić information content (AvgIpc) is 1.64. The summed E-state index contributed by atoms with van der Waals surface area (Å²) in [6.45, 7) is 4.49. The van der Waals surface area contributed by atoms with Gasteiger partial charge in [-0.2, -0.15) is 11.8 Å². The van der Waals surface area contributed by atoms with Crippen molar-refractivity contribution in [2.75, 3.05) is 36.7 Å². The van der Waals surface area contributed by atoms with Crippen LogP contribution >= 0.6 is 33.3 Å². The number of carbonyl (C=O) groups is 18. The molecule has 108 heavy (non-hydrogen) atoms. The molecule has 3 heterocycles. The molecule has 5 fully saturated rings. The molecule has 38 nitrogen and oxygen atoms in total. The van der Waals surface area contributed by atoms with Gasteiger partial charge < -0.3 is 107 Å². The molecule has 3 aliphatic heterocycles. The Morgan fingerprint density at radius 1 is 0.593 bits per heavy atom. The Morgan fingerprint density at radius 3 is 1.79 bits per heavy atom. The molecule has 41 heteroatoms. The van der Waals surface area contributed by atoms with Crippen molar-refractivity contribution in [3.05, 3.63) is 0 Å². The first-order valence-corrected chi connectivity index (χ1v) is 40.3. The van der Waals surface area contributed by atoms with Crippen LogP contribution in [0.4, 0.5) is 0 Å². The van der Waals surface area contributed by atoms with E-state index in [0.29, 0.717) is 25.0 Å². The molecule has 0 aromatic heterocycles. The maximum atomic E-state index is 15.3. The number of rotatable bonds is 32. The molecule has 16 atom stereocenters. The van der Waals surface area contributed by atoms with Crippen molar-refractivity contribution < 1.29 is 102 Å². The molecule has 2 saturated carbocycles. The number of primary amides is 3. The first-order valence-electron chi connectivity index (χ1n) is 36.4. The lowest BCUT2D eigenvalue weighted by Gasteiger charge is -2.32. The topological polar surface area (TPSA) is 606 Å². The van der Waals surface area contributed by atoms with Crippen molar-refractivity contribution in [3.8, 4) is 0 Å². The SMILES string of the molecule is CSCC[C@H](NC(C)=O)C(=O)N[C@@H](CO)C(=O)N[C@@H](CC(=O)O)C(=O)N[C@H]1CSSC[C@@H](C(=O)N2CCC[C@H]2C(=O)N[C@@H](CC2CCCCC2)C(=O)N[C@@H](CC(=O)O)C(N)=O)NC(=O)[C@H](CC(N)=O)NC(=O)[C@@H](C)NC(=O)[C@H](CCC(N)=O)NC(=O)[C@H](CC(C)C)NC(=O)[C@H](CC2CC3CCCCC3N2)NC1=O. The van der Waals surface area contributed by atoms with E-state index in [2.05, 4.69) is 69.1 Å². The fourth-order valence-electron chi connectivity index (χ4n) is 13.7. The maximum absolute atomic E-state index is 15.3. The van der Waals surface area contributed by atoms with Gasteiger partial charge in [-0.1, -0.05) is 80.4 Å². The summed E-state index contributed by atoms with van der Waals surface area (Å²) in [6.07, 6.45) is 5.72. The zero-order chi connectivity index (χ0) is 80.1. The molecule has 0 bridgehead atoms. The largest absolute Gasteiger partial charge is 0.481 e. The number of nitrogens with two attached hydrogens (primary N) is 3. The van der Waals surface area contributed by atoms with E-state index in [4.69, 9.17) is 17.2 Å². The highest BCUT2D eigenvalue weighted by Crippen LogP contribution is 2.35. The second kappa shape index (κ2) is 44.8. The Balaban J connectivity index is 1.62. The van der Waals surface area contributed by atoms with Gasteiger partial charge in [0.15, 0.2) is 0 Å². The van der Waals surface area contributed by atoms with E-state index in [1.54, 1.807) is 20.1 Å². The van der Waals surface area contributed by atoms with E-state index in [0.717, 1.165) is 78.4 Å². The van der Waals surface area contributed by atoms with Crippen LogP contribution in [-0.4, -0.2) is 254 Å². The van der Waals surface area contributed by atoms with Gasteiger partial charge in [0.2, 0.25) is 94.5 Å². The van der Waals surface area contributed by atoms with Crippen molar-refractivity contribution in [2.45, 2.75) is 253 Å². The summed E-state index contributed by atoms with van der Waals surface area (Å²) in [6, 6.07) is -21.9. The highest BCUT2D eigenvalue weighted by Gasteiger charge is 2.44. The lowest BCUT2D eigenvalue weighted by Crippen LogP contribution is -2.61. The maximum Gasteiger partial charge on any atom is 0.305 e. The molecule has 0 spiro atoms. The predicted molar refractivity (Wildman–Crippen MR) is 393 cm³/mol. The van der Waals surface area contributed by atoms with Gasteiger partial charge in [0.25, 0.3) is 0 Å². The average molecular weight is 1580 g/mol. The quantitative estimate of drug-likeness (QED) is 0.0280. The number of likely N-dealkylation sites (tertiary alicyclic amines) is 1. The number of hydrogen-bond acceptors (Lipinski definition) is 23. The number of amides is 16. The Kier molecular flexibility index (Phi) is 37.3. The number of carboxylic acids is 2. The van der Waals surface area contributed by atoms with Gasteiger partial charge >= 0.3 is 11.9 Å². The van der Waals surface area contributed by atoms with Crippen molar-refractivity contribution in [3.63, 3.8) is 0 Å². The Labute approximate surface area is 637 Å². The highest BCUT2D eigenvalue weighted by molar-refractivity contribution is 8.76. The first kappa shape index (κ1) is 90.0. The number of nitrogens with zero attached hydrogens (tertiary/aromatic N) is 1. The Bertz CT molecular complexity index is 3250. The molecule has 604 valence electrons. The zero-order valence-electron chi connectivity index (χ0n) is 61.4.